The molecule has 0 atom stereocenters. The van der Waals surface area contributed by atoms with Crippen molar-refractivity contribution in [1.29, 1.82) is 0 Å². The molecule has 3 rings (SSSR count). The highest BCUT2D eigenvalue weighted by Gasteiger charge is 2.25. The van der Waals surface area contributed by atoms with Gasteiger partial charge in [-0.2, -0.15) is 0 Å². The molecule has 1 aromatic rings. The first-order valence-electron chi connectivity index (χ1n) is 6.66. The van der Waals surface area contributed by atoms with Crippen molar-refractivity contribution < 1.29 is 0 Å². The van der Waals surface area contributed by atoms with Crippen molar-refractivity contribution in [3.05, 3.63) is 40.3 Å². The molecule has 1 radical (unpaired) electrons. The topological polar surface area (TPSA) is 0 Å². The molecule has 0 heterocycles. The fourth-order valence-electron chi connectivity index (χ4n) is 3.41. The highest BCUT2D eigenvalue weighted by molar-refractivity contribution is 5.60. The van der Waals surface area contributed by atoms with Crippen molar-refractivity contribution >= 4 is 0 Å². The number of hydrogen-bond donors (Lipinski definition) is 0. The summed E-state index contributed by atoms with van der Waals surface area (Å²) < 4.78 is 0. The molecule has 0 N–H and O–H groups in total. The van der Waals surface area contributed by atoms with E-state index in [4.69, 9.17) is 6.42 Å². The summed E-state index contributed by atoms with van der Waals surface area (Å²) in [4.78, 5) is 0. The zero-order valence-corrected chi connectivity index (χ0v) is 11.0. The predicted molar refractivity (Wildman–Crippen MR) is 74.2 cm³/mol. The van der Waals surface area contributed by atoms with Crippen LogP contribution in [0, 0.1) is 26.2 Å². The summed E-state index contributed by atoms with van der Waals surface area (Å²) in [5.74, 6) is 2.95. The number of benzene rings is 1. The van der Waals surface area contributed by atoms with E-state index in [1.165, 1.54) is 55.2 Å². The van der Waals surface area contributed by atoms with Gasteiger partial charge in [0.1, 0.15) is 0 Å². The van der Waals surface area contributed by atoms with Crippen molar-refractivity contribution in [2.45, 2.75) is 52.4 Å². The van der Waals surface area contributed by atoms with Crippen LogP contribution in [0.1, 0.15) is 53.1 Å². The number of hydrogen-bond acceptors (Lipinski definition) is 0. The Morgan fingerprint density at radius 2 is 1.29 bits per heavy atom. The van der Waals surface area contributed by atoms with Gasteiger partial charge in [-0.05, 0) is 73.3 Å². The first-order valence-corrected chi connectivity index (χ1v) is 6.66. The lowest BCUT2D eigenvalue weighted by Gasteiger charge is -2.14. The molecular formula is C17H21. The lowest BCUT2D eigenvalue weighted by Crippen LogP contribution is -2.01. The van der Waals surface area contributed by atoms with E-state index in [0.717, 1.165) is 0 Å². The maximum Gasteiger partial charge on any atom is 0.0312 e. The maximum absolute atomic E-state index is 5.70. The van der Waals surface area contributed by atoms with E-state index < -0.39 is 0 Å². The molecule has 89 valence electrons. The molecule has 0 unspecified atom stereocenters. The largest absolute Gasteiger partial charge is 0.115 e. The fourth-order valence-corrected chi connectivity index (χ4v) is 3.41. The number of fused-ring (bicyclic) bond motifs is 2. The van der Waals surface area contributed by atoms with Crippen LogP contribution < -0.4 is 0 Å². The van der Waals surface area contributed by atoms with E-state index >= 15 is 0 Å². The smallest absolute Gasteiger partial charge is 0.0312 e. The molecule has 0 bridgehead atoms. The molecule has 17 heavy (non-hydrogen) atoms. The van der Waals surface area contributed by atoms with Crippen LogP contribution in [0.25, 0.3) is 0 Å². The number of rotatable bonds is 0. The van der Waals surface area contributed by atoms with E-state index in [2.05, 4.69) is 19.8 Å². The van der Waals surface area contributed by atoms with Crippen molar-refractivity contribution in [2.75, 3.05) is 0 Å². The zero-order chi connectivity index (χ0) is 12.4. The summed E-state index contributed by atoms with van der Waals surface area (Å²) in [5.41, 5.74) is 9.02. The first kappa shape index (κ1) is 12.2. The van der Waals surface area contributed by atoms with E-state index in [1.54, 1.807) is 23.6 Å². The average molecular weight is 225 g/mol. The highest BCUT2D eigenvalue weighted by Crippen LogP contribution is 2.37. The number of terminal acetylenes is 1. The maximum atomic E-state index is 5.70. The van der Waals surface area contributed by atoms with Crippen LogP contribution >= 0.6 is 0 Å². The molecule has 0 spiro atoms. The molecule has 0 fully saturated rings. The van der Waals surface area contributed by atoms with Crippen molar-refractivity contribution in [3.63, 3.8) is 0 Å². The second kappa shape index (κ2) is 4.96. The lowest BCUT2D eigenvalue weighted by molar-refractivity contribution is 0.891. The average Bonchev–Trinajstić information content (AvgIpc) is 3.00. The Kier molecular flexibility index (Phi) is 3.57. The zero-order valence-electron chi connectivity index (χ0n) is 11.0. The van der Waals surface area contributed by atoms with Crippen molar-refractivity contribution in [1.82, 2.24) is 0 Å². The van der Waals surface area contributed by atoms with E-state index in [0.29, 0.717) is 0 Å². The van der Waals surface area contributed by atoms with Gasteiger partial charge in [-0.1, -0.05) is 19.8 Å². The summed E-state index contributed by atoms with van der Waals surface area (Å²) in [6.45, 7) is 7.30. The van der Waals surface area contributed by atoms with Gasteiger partial charge in [0.2, 0.25) is 0 Å². The van der Waals surface area contributed by atoms with E-state index in [1.807, 2.05) is 0 Å². The van der Waals surface area contributed by atoms with Gasteiger partial charge >= 0.3 is 0 Å². The molecular weight excluding hydrogens is 204 g/mol. The van der Waals surface area contributed by atoms with Crippen LogP contribution in [0.4, 0.5) is 0 Å². The minimum Gasteiger partial charge on any atom is -0.115 e. The van der Waals surface area contributed by atoms with Gasteiger partial charge in [0.15, 0.2) is 0 Å². The SMILES string of the molecule is C#Cc1c2c(c(C)c3c1CCC3)CCC2.[CH2]C. The monoisotopic (exact) mass is 225 g/mol. The van der Waals surface area contributed by atoms with Crippen LogP contribution in [0.2, 0.25) is 0 Å². The van der Waals surface area contributed by atoms with Gasteiger partial charge in [0, 0.05) is 5.56 Å². The van der Waals surface area contributed by atoms with Gasteiger partial charge in [0.25, 0.3) is 0 Å². The Morgan fingerprint density at radius 1 is 0.882 bits per heavy atom. The molecule has 0 heteroatoms. The molecule has 1 aromatic carbocycles. The third kappa shape index (κ3) is 1.78. The van der Waals surface area contributed by atoms with Crippen molar-refractivity contribution in [2.24, 2.45) is 0 Å². The fraction of sp³-hybridized carbons (Fsp3) is 0.471. The standard InChI is InChI=1S/C15H16.C2H5/c1-3-11-14-8-4-6-12(14)10(2)13-7-5-9-15(11)13;1-2/h1H,4-9H2,2H3;1H2,2H3. The van der Waals surface area contributed by atoms with E-state index in [9.17, 15) is 0 Å². The van der Waals surface area contributed by atoms with Crippen LogP contribution in [-0.4, -0.2) is 0 Å². The molecule has 0 aliphatic heterocycles. The highest BCUT2D eigenvalue weighted by atomic mass is 14.3. The Balaban J connectivity index is 0.000000514. The van der Waals surface area contributed by atoms with Crippen LogP contribution in [0.3, 0.4) is 0 Å². The minimum atomic E-state index is 1.21. The normalized spacial score (nSPS) is 15.6. The summed E-state index contributed by atoms with van der Waals surface area (Å²) in [6, 6.07) is 0. The molecule has 0 saturated heterocycles. The predicted octanol–water partition coefficient (Wildman–Crippen LogP) is 3.79. The Morgan fingerprint density at radius 3 is 1.71 bits per heavy atom. The second-order valence-electron chi connectivity index (χ2n) is 4.77. The Hall–Kier alpha value is -1.22. The third-order valence-electron chi connectivity index (χ3n) is 4.09. The quantitative estimate of drug-likeness (QED) is 0.589. The second-order valence-corrected chi connectivity index (χ2v) is 4.77. The van der Waals surface area contributed by atoms with Gasteiger partial charge in [0.05, 0.1) is 0 Å². The first-order chi connectivity index (χ1) is 8.33. The van der Waals surface area contributed by atoms with Gasteiger partial charge in [-0.15, -0.1) is 6.42 Å². The van der Waals surface area contributed by atoms with E-state index in [-0.39, 0.29) is 0 Å². The minimum absolute atomic E-state index is 1.21. The van der Waals surface area contributed by atoms with Gasteiger partial charge < -0.3 is 0 Å². The third-order valence-corrected chi connectivity index (χ3v) is 4.09. The molecule has 2 aliphatic rings. The molecule has 2 aliphatic carbocycles. The Bertz CT molecular complexity index is 437. The van der Waals surface area contributed by atoms with Crippen molar-refractivity contribution in [3.8, 4) is 12.3 Å². The van der Waals surface area contributed by atoms with Crippen LogP contribution in [-0.2, 0) is 25.7 Å². The molecule has 0 nitrogen and oxygen atoms in total. The Labute approximate surface area is 105 Å². The summed E-state index contributed by atoms with van der Waals surface area (Å²) in [7, 11) is 0. The molecule has 0 amide bonds. The molecule has 0 saturated carbocycles. The summed E-state index contributed by atoms with van der Waals surface area (Å²) >= 11 is 0. The van der Waals surface area contributed by atoms with Gasteiger partial charge in [-0.25, -0.2) is 0 Å². The van der Waals surface area contributed by atoms with Crippen LogP contribution in [0.5, 0.6) is 0 Å². The summed E-state index contributed by atoms with van der Waals surface area (Å²) in [6.07, 6.45) is 13.2. The van der Waals surface area contributed by atoms with Gasteiger partial charge in [-0.3, -0.25) is 0 Å². The molecule has 0 aromatic heterocycles. The lowest BCUT2D eigenvalue weighted by atomic mass is 9.90. The summed E-state index contributed by atoms with van der Waals surface area (Å²) in [5, 5.41) is 0. The van der Waals surface area contributed by atoms with Crippen LogP contribution in [0.15, 0.2) is 0 Å².